The van der Waals surface area contributed by atoms with Crippen molar-refractivity contribution in [1.29, 1.82) is 0 Å². The van der Waals surface area contributed by atoms with Gasteiger partial charge in [0.15, 0.2) is 0 Å². The Bertz CT molecular complexity index is 363. The van der Waals surface area contributed by atoms with Gasteiger partial charge in [0.2, 0.25) is 0 Å². The Balaban J connectivity index is 2.60. The highest BCUT2D eigenvalue weighted by molar-refractivity contribution is 5.72. The van der Waals surface area contributed by atoms with Gasteiger partial charge >= 0.3 is 5.97 Å². The molecule has 1 aromatic rings. The van der Waals surface area contributed by atoms with E-state index >= 15 is 0 Å². The van der Waals surface area contributed by atoms with Crippen molar-refractivity contribution in [3.63, 3.8) is 0 Å². The lowest BCUT2D eigenvalue weighted by Crippen LogP contribution is -2.28. The van der Waals surface area contributed by atoms with Crippen molar-refractivity contribution in [3.8, 4) is 0 Å². The van der Waals surface area contributed by atoms with Gasteiger partial charge in [-0.05, 0) is 31.4 Å². The topological polar surface area (TPSA) is 52.3 Å². The van der Waals surface area contributed by atoms with Gasteiger partial charge in [-0.15, -0.1) is 0 Å². The first kappa shape index (κ1) is 13.7. The van der Waals surface area contributed by atoms with Crippen LogP contribution in [0.3, 0.4) is 0 Å². The van der Waals surface area contributed by atoms with Crippen LogP contribution in [-0.2, 0) is 21.5 Å². The summed E-state index contributed by atoms with van der Waals surface area (Å²) in [5.41, 5.74) is 7.65. The lowest BCUT2D eigenvalue weighted by atomic mass is 9.94. The van der Waals surface area contributed by atoms with E-state index in [0.29, 0.717) is 13.0 Å². The zero-order chi connectivity index (χ0) is 12.9. The molecule has 0 bridgehead atoms. The molecular weight excluding hydrogens is 214 g/mol. The molecule has 0 aliphatic rings. The number of rotatable bonds is 5. The largest absolute Gasteiger partial charge is 0.465 e. The summed E-state index contributed by atoms with van der Waals surface area (Å²) in [6.45, 7) is 6.38. The molecule has 94 valence electrons. The highest BCUT2D eigenvalue weighted by Gasteiger charge is 2.13. The van der Waals surface area contributed by atoms with E-state index in [2.05, 4.69) is 0 Å². The van der Waals surface area contributed by atoms with Gasteiger partial charge in [-0.3, -0.25) is 4.79 Å². The number of carbonyl (C=O) groups is 1. The van der Waals surface area contributed by atoms with Crippen LogP contribution in [-0.4, -0.2) is 12.6 Å². The van der Waals surface area contributed by atoms with Crippen molar-refractivity contribution >= 4 is 5.97 Å². The Labute approximate surface area is 103 Å². The second-order valence-corrected chi connectivity index (χ2v) is 4.82. The average Bonchev–Trinajstić information content (AvgIpc) is 2.26. The first-order valence-corrected chi connectivity index (χ1v) is 5.97. The van der Waals surface area contributed by atoms with Crippen molar-refractivity contribution in [2.24, 2.45) is 5.73 Å². The fourth-order valence-corrected chi connectivity index (χ4v) is 1.49. The molecule has 0 fully saturated rings. The molecule has 1 aromatic carbocycles. The van der Waals surface area contributed by atoms with Gasteiger partial charge in [-0.25, -0.2) is 0 Å². The van der Waals surface area contributed by atoms with Gasteiger partial charge in [-0.1, -0.05) is 31.2 Å². The number of hydrogen-bond acceptors (Lipinski definition) is 3. The zero-order valence-electron chi connectivity index (χ0n) is 10.8. The normalized spacial score (nSPS) is 11.3. The molecule has 3 nitrogen and oxygen atoms in total. The molecular formula is C14H21NO2. The van der Waals surface area contributed by atoms with Crippen molar-refractivity contribution in [2.45, 2.75) is 39.2 Å². The number of benzene rings is 1. The second kappa shape index (κ2) is 5.82. The fourth-order valence-electron chi connectivity index (χ4n) is 1.49. The quantitative estimate of drug-likeness (QED) is 0.797. The molecule has 0 amide bonds. The second-order valence-electron chi connectivity index (χ2n) is 4.82. The van der Waals surface area contributed by atoms with E-state index < -0.39 is 0 Å². The molecule has 3 heteroatoms. The predicted molar refractivity (Wildman–Crippen MR) is 68.6 cm³/mol. The molecule has 0 spiro atoms. The first-order valence-electron chi connectivity index (χ1n) is 5.97. The molecule has 1 rings (SSSR count). The highest BCUT2D eigenvalue weighted by atomic mass is 16.5. The highest BCUT2D eigenvalue weighted by Crippen LogP contribution is 2.17. The van der Waals surface area contributed by atoms with Crippen LogP contribution in [0.15, 0.2) is 24.3 Å². The Hall–Kier alpha value is -1.35. The number of nitrogens with two attached hydrogens (primary N) is 1. The molecule has 0 unspecified atom stereocenters. The minimum absolute atomic E-state index is 0.174. The van der Waals surface area contributed by atoms with Crippen LogP contribution in [0.25, 0.3) is 0 Å². The molecule has 0 saturated carbocycles. The number of carbonyl (C=O) groups excluding carboxylic acids is 1. The van der Waals surface area contributed by atoms with Crippen LogP contribution in [0.1, 0.15) is 38.3 Å². The smallest absolute Gasteiger partial charge is 0.310 e. The lowest BCUT2D eigenvalue weighted by Gasteiger charge is -2.19. The van der Waals surface area contributed by atoms with E-state index in [1.807, 2.05) is 45.0 Å². The van der Waals surface area contributed by atoms with Crippen LogP contribution in [0.4, 0.5) is 0 Å². The molecule has 0 aromatic heterocycles. The van der Waals surface area contributed by atoms with E-state index in [9.17, 15) is 4.79 Å². The van der Waals surface area contributed by atoms with Crippen molar-refractivity contribution < 1.29 is 9.53 Å². The fraction of sp³-hybridized carbons (Fsp3) is 0.500. The van der Waals surface area contributed by atoms with Crippen molar-refractivity contribution in [1.82, 2.24) is 0 Å². The summed E-state index contributed by atoms with van der Waals surface area (Å²) in [5, 5.41) is 0. The van der Waals surface area contributed by atoms with Crippen LogP contribution in [0, 0.1) is 0 Å². The van der Waals surface area contributed by atoms with Crippen molar-refractivity contribution in [2.75, 3.05) is 6.61 Å². The molecule has 0 aliphatic heterocycles. The molecule has 0 radical (unpaired) electrons. The third-order valence-corrected chi connectivity index (χ3v) is 2.51. The zero-order valence-corrected chi connectivity index (χ0v) is 10.8. The van der Waals surface area contributed by atoms with E-state index in [1.54, 1.807) is 0 Å². The molecule has 17 heavy (non-hydrogen) atoms. The van der Waals surface area contributed by atoms with Crippen LogP contribution >= 0.6 is 0 Å². The molecule has 0 aliphatic carbocycles. The predicted octanol–water partition coefficient (Wildman–Crippen LogP) is 2.38. The maximum atomic E-state index is 11.4. The minimum atomic E-state index is -0.346. The number of ether oxygens (including phenoxy) is 1. The maximum absolute atomic E-state index is 11.4. The third-order valence-electron chi connectivity index (χ3n) is 2.51. The number of hydrogen-bond donors (Lipinski definition) is 1. The SMILES string of the molecule is CCCOC(=O)Cc1ccc(C(C)(C)N)cc1. The summed E-state index contributed by atoms with van der Waals surface area (Å²) in [6, 6.07) is 7.78. The average molecular weight is 235 g/mol. The molecule has 0 heterocycles. The number of esters is 1. The van der Waals surface area contributed by atoms with E-state index in [4.69, 9.17) is 10.5 Å². The summed E-state index contributed by atoms with van der Waals surface area (Å²) in [4.78, 5) is 11.4. The Morgan fingerprint density at radius 2 is 1.88 bits per heavy atom. The van der Waals surface area contributed by atoms with E-state index in [-0.39, 0.29) is 11.5 Å². The van der Waals surface area contributed by atoms with Crippen LogP contribution in [0.5, 0.6) is 0 Å². The summed E-state index contributed by atoms with van der Waals surface area (Å²) < 4.78 is 5.03. The standard InChI is InChI=1S/C14H21NO2/c1-4-9-17-13(16)10-11-5-7-12(8-6-11)14(2,3)15/h5-8H,4,9-10,15H2,1-3H3. The van der Waals surface area contributed by atoms with Gasteiger partial charge in [0.1, 0.15) is 0 Å². The molecule has 0 atom stereocenters. The van der Waals surface area contributed by atoms with Gasteiger partial charge < -0.3 is 10.5 Å². The van der Waals surface area contributed by atoms with Gasteiger partial charge in [0, 0.05) is 5.54 Å². The Morgan fingerprint density at radius 3 is 2.35 bits per heavy atom. The van der Waals surface area contributed by atoms with E-state index in [0.717, 1.165) is 17.5 Å². The Kier molecular flexibility index (Phi) is 4.70. The first-order chi connectivity index (χ1) is 7.93. The van der Waals surface area contributed by atoms with Crippen LogP contribution in [0.2, 0.25) is 0 Å². The summed E-state index contributed by atoms with van der Waals surface area (Å²) in [6.07, 6.45) is 1.18. The van der Waals surface area contributed by atoms with Gasteiger partial charge in [-0.2, -0.15) is 0 Å². The maximum Gasteiger partial charge on any atom is 0.310 e. The van der Waals surface area contributed by atoms with Crippen molar-refractivity contribution in [3.05, 3.63) is 35.4 Å². The lowest BCUT2D eigenvalue weighted by molar-refractivity contribution is -0.142. The van der Waals surface area contributed by atoms with Gasteiger partial charge in [0.05, 0.1) is 13.0 Å². The molecule has 2 N–H and O–H groups in total. The monoisotopic (exact) mass is 235 g/mol. The van der Waals surface area contributed by atoms with Crippen LogP contribution < -0.4 is 5.73 Å². The summed E-state index contributed by atoms with van der Waals surface area (Å²) in [5.74, 6) is -0.174. The minimum Gasteiger partial charge on any atom is -0.465 e. The summed E-state index contributed by atoms with van der Waals surface area (Å²) >= 11 is 0. The summed E-state index contributed by atoms with van der Waals surface area (Å²) in [7, 11) is 0. The Morgan fingerprint density at radius 1 is 1.29 bits per heavy atom. The molecule has 0 saturated heterocycles. The van der Waals surface area contributed by atoms with Gasteiger partial charge in [0.25, 0.3) is 0 Å². The third kappa shape index (κ3) is 4.57. The van der Waals surface area contributed by atoms with E-state index in [1.165, 1.54) is 0 Å².